The van der Waals surface area contributed by atoms with E-state index in [4.69, 9.17) is 11.6 Å². The first-order valence-electron chi connectivity index (χ1n) is 10.0. The van der Waals surface area contributed by atoms with Gasteiger partial charge < -0.3 is 5.32 Å². The van der Waals surface area contributed by atoms with Crippen LogP contribution in [0.15, 0.2) is 88.1 Å². The van der Waals surface area contributed by atoms with Crippen LogP contribution in [-0.2, 0) is 14.8 Å². The number of carbonyl (C=O) groups is 1. The zero-order chi connectivity index (χ0) is 23.3. The molecular formula is C23H20ClN3O3S3. The van der Waals surface area contributed by atoms with Crippen molar-refractivity contribution in [3.63, 3.8) is 0 Å². The fourth-order valence-corrected chi connectivity index (χ4v) is 6.71. The fraction of sp³-hybridized carbons (Fsp3) is 0.130. The summed E-state index contributed by atoms with van der Waals surface area (Å²) in [6.07, 6.45) is 0. The molecule has 1 aromatic heterocycles. The van der Waals surface area contributed by atoms with Crippen molar-refractivity contribution >= 4 is 66.5 Å². The van der Waals surface area contributed by atoms with Crippen LogP contribution in [0.25, 0.3) is 10.2 Å². The third kappa shape index (κ3) is 5.86. The average molecular weight is 518 g/mol. The van der Waals surface area contributed by atoms with Gasteiger partial charge in [0.05, 0.1) is 20.8 Å². The van der Waals surface area contributed by atoms with Crippen LogP contribution >= 0.6 is 34.7 Å². The lowest BCUT2D eigenvalue weighted by Gasteiger charge is -2.24. The molecule has 0 saturated carbocycles. The number of fused-ring (bicyclic) bond motifs is 1. The molecule has 0 radical (unpaired) electrons. The summed E-state index contributed by atoms with van der Waals surface area (Å²) in [5.41, 5.74) is 1.28. The minimum absolute atomic E-state index is 0.101. The quantitative estimate of drug-likeness (QED) is 0.248. The molecule has 0 aliphatic carbocycles. The van der Waals surface area contributed by atoms with Crippen LogP contribution in [0.5, 0.6) is 0 Å². The van der Waals surface area contributed by atoms with E-state index < -0.39 is 15.9 Å². The Bertz CT molecular complexity index is 1330. The van der Waals surface area contributed by atoms with Gasteiger partial charge in [-0.25, -0.2) is 13.4 Å². The largest absolute Gasteiger partial charge is 0.354 e. The van der Waals surface area contributed by atoms with Crippen LogP contribution in [0.2, 0.25) is 5.02 Å². The van der Waals surface area contributed by atoms with Crippen molar-refractivity contribution in [1.29, 1.82) is 0 Å². The summed E-state index contributed by atoms with van der Waals surface area (Å²) in [7, 11) is -3.95. The second-order valence-electron chi connectivity index (χ2n) is 6.95. The van der Waals surface area contributed by atoms with Crippen molar-refractivity contribution in [2.75, 3.05) is 23.1 Å². The van der Waals surface area contributed by atoms with Gasteiger partial charge in [-0.15, -0.1) is 11.3 Å². The van der Waals surface area contributed by atoms with E-state index in [2.05, 4.69) is 10.3 Å². The zero-order valence-electron chi connectivity index (χ0n) is 17.3. The summed E-state index contributed by atoms with van der Waals surface area (Å²) >= 11 is 9.24. The van der Waals surface area contributed by atoms with Gasteiger partial charge in [-0.1, -0.05) is 59.8 Å². The van der Waals surface area contributed by atoms with Crippen molar-refractivity contribution in [3.8, 4) is 0 Å². The molecule has 0 atom stereocenters. The maximum Gasteiger partial charge on any atom is 0.264 e. The van der Waals surface area contributed by atoms with Gasteiger partial charge in [0, 0.05) is 17.3 Å². The molecule has 10 heteroatoms. The molecule has 0 unspecified atom stereocenters. The normalized spacial score (nSPS) is 11.4. The Hall–Kier alpha value is -2.59. The lowest BCUT2D eigenvalue weighted by atomic mass is 10.3. The van der Waals surface area contributed by atoms with Gasteiger partial charge in [0.15, 0.2) is 4.34 Å². The van der Waals surface area contributed by atoms with E-state index in [1.54, 1.807) is 59.5 Å². The smallest absolute Gasteiger partial charge is 0.264 e. The summed E-state index contributed by atoms with van der Waals surface area (Å²) in [4.78, 5) is 17.3. The summed E-state index contributed by atoms with van der Waals surface area (Å²) in [5.74, 6) is 0.216. The SMILES string of the molecule is O=C(CN(c1cccc(Cl)c1)S(=O)(=O)c1ccccc1)NCCSc1nc2ccccc2s1. The summed E-state index contributed by atoms with van der Waals surface area (Å²) in [6.45, 7) is 0.0254. The number of hydrogen-bond acceptors (Lipinski definition) is 6. The molecule has 0 spiro atoms. The van der Waals surface area contributed by atoms with Crippen molar-refractivity contribution in [2.45, 2.75) is 9.24 Å². The van der Waals surface area contributed by atoms with E-state index in [1.807, 2.05) is 24.3 Å². The first kappa shape index (κ1) is 23.6. The Labute approximate surface area is 205 Å². The Balaban J connectivity index is 1.41. The van der Waals surface area contributed by atoms with Crippen LogP contribution in [0, 0.1) is 0 Å². The highest BCUT2D eigenvalue weighted by atomic mass is 35.5. The van der Waals surface area contributed by atoms with Crippen molar-refractivity contribution in [2.24, 2.45) is 0 Å². The number of sulfonamides is 1. The van der Waals surface area contributed by atoms with E-state index >= 15 is 0 Å². The van der Waals surface area contributed by atoms with E-state index in [0.29, 0.717) is 23.0 Å². The first-order chi connectivity index (χ1) is 15.9. The summed E-state index contributed by atoms with van der Waals surface area (Å²) in [6, 6.07) is 22.4. The molecule has 0 aliphatic rings. The van der Waals surface area contributed by atoms with Gasteiger partial charge in [0.2, 0.25) is 5.91 Å². The molecule has 0 fully saturated rings. The van der Waals surface area contributed by atoms with Crippen LogP contribution in [0.3, 0.4) is 0 Å². The number of halogens is 1. The number of amides is 1. The van der Waals surface area contributed by atoms with Crippen LogP contribution in [0.1, 0.15) is 0 Å². The molecule has 0 bridgehead atoms. The topological polar surface area (TPSA) is 79.4 Å². The molecule has 4 aromatic rings. The van der Waals surface area contributed by atoms with Crippen LogP contribution < -0.4 is 9.62 Å². The molecule has 0 aliphatic heterocycles. The van der Waals surface area contributed by atoms with E-state index in [9.17, 15) is 13.2 Å². The highest BCUT2D eigenvalue weighted by Gasteiger charge is 2.27. The number of nitrogens with one attached hydrogen (secondary N) is 1. The van der Waals surface area contributed by atoms with E-state index in [-0.39, 0.29) is 11.4 Å². The molecule has 1 heterocycles. The second-order valence-corrected chi connectivity index (χ2v) is 11.6. The van der Waals surface area contributed by atoms with Crippen molar-refractivity contribution < 1.29 is 13.2 Å². The molecule has 33 heavy (non-hydrogen) atoms. The standard InChI is InChI=1S/C23H20ClN3O3S3/c24-17-7-6-8-18(15-17)27(33(29,30)19-9-2-1-3-10-19)16-22(28)25-13-14-31-23-26-20-11-4-5-12-21(20)32-23/h1-12,15H,13-14,16H2,(H,25,28). The summed E-state index contributed by atoms with van der Waals surface area (Å²) in [5, 5.41) is 3.19. The predicted octanol–water partition coefficient (Wildman–Crippen LogP) is 5.05. The number of para-hydroxylation sites is 1. The maximum atomic E-state index is 13.3. The van der Waals surface area contributed by atoms with Crippen molar-refractivity contribution in [1.82, 2.24) is 10.3 Å². The van der Waals surface area contributed by atoms with Gasteiger partial charge in [-0.05, 0) is 42.5 Å². The van der Waals surface area contributed by atoms with Gasteiger partial charge >= 0.3 is 0 Å². The van der Waals surface area contributed by atoms with Crippen molar-refractivity contribution in [3.05, 3.63) is 83.9 Å². The lowest BCUT2D eigenvalue weighted by molar-refractivity contribution is -0.119. The zero-order valence-corrected chi connectivity index (χ0v) is 20.6. The number of hydrogen-bond donors (Lipinski definition) is 1. The molecular weight excluding hydrogens is 498 g/mol. The Morgan fingerprint density at radius 3 is 2.55 bits per heavy atom. The van der Waals surface area contributed by atoms with Gasteiger partial charge in [0.25, 0.3) is 10.0 Å². The first-order valence-corrected chi connectivity index (χ1v) is 13.6. The lowest BCUT2D eigenvalue weighted by Crippen LogP contribution is -2.41. The number of aromatic nitrogens is 1. The monoisotopic (exact) mass is 517 g/mol. The molecule has 170 valence electrons. The number of carbonyl (C=O) groups excluding carboxylic acids is 1. The maximum absolute atomic E-state index is 13.3. The third-order valence-corrected chi connectivity index (χ3v) is 8.84. The Kier molecular flexibility index (Phi) is 7.54. The minimum Gasteiger partial charge on any atom is -0.354 e. The molecule has 0 saturated heterocycles. The van der Waals surface area contributed by atoms with Gasteiger partial charge in [0.1, 0.15) is 6.54 Å². The van der Waals surface area contributed by atoms with Crippen LogP contribution in [-0.4, -0.2) is 38.2 Å². The third-order valence-electron chi connectivity index (χ3n) is 4.64. The number of rotatable bonds is 9. The number of anilines is 1. The second kappa shape index (κ2) is 10.6. The fourth-order valence-electron chi connectivity index (χ4n) is 3.09. The molecule has 1 amide bonds. The highest BCUT2D eigenvalue weighted by Crippen LogP contribution is 2.29. The van der Waals surface area contributed by atoms with Gasteiger partial charge in [-0.3, -0.25) is 9.10 Å². The molecule has 4 rings (SSSR count). The van der Waals surface area contributed by atoms with E-state index in [0.717, 1.165) is 18.9 Å². The Morgan fingerprint density at radius 1 is 1.03 bits per heavy atom. The highest BCUT2D eigenvalue weighted by molar-refractivity contribution is 8.01. The number of nitrogens with zero attached hydrogens (tertiary/aromatic N) is 2. The average Bonchev–Trinajstić information content (AvgIpc) is 3.24. The molecule has 6 nitrogen and oxygen atoms in total. The van der Waals surface area contributed by atoms with Crippen LogP contribution in [0.4, 0.5) is 5.69 Å². The minimum atomic E-state index is -3.95. The summed E-state index contributed by atoms with van der Waals surface area (Å²) < 4.78 is 29.7. The number of benzene rings is 3. The number of thioether (sulfide) groups is 1. The molecule has 1 N–H and O–H groups in total. The number of thiazole rings is 1. The Morgan fingerprint density at radius 2 is 1.79 bits per heavy atom. The van der Waals surface area contributed by atoms with Gasteiger partial charge in [-0.2, -0.15) is 0 Å². The molecule has 3 aromatic carbocycles. The predicted molar refractivity (Wildman–Crippen MR) is 136 cm³/mol. The van der Waals surface area contributed by atoms with E-state index in [1.165, 1.54) is 18.2 Å².